The van der Waals surface area contributed by atoms with E-state index < -0.39 is 0 Å². The molecular weight excluding hydrogens is 278 g/mol. The molecule has 1 aliphatic heterocycles. The lowest BCUT2D eigenvalue weighted by Gasteiger charge is -2.24. The third-order valence-corrected chi connectivity index (χ3v) is 3.67. The number of amides is 2. The van der Waals surface area contributed by atoms with Crippen molar-refractivity contribution in [3.8, 4) is 0 Å². The first-order valence-corrected chi connectivity index (χ1v) is 7.42. The molecule has 6 heteroatoms. The highest BCUT2D eigenvalue weighted by Gasteiger charge is 2.18. The molecule has 0 spiro atoms. The van der Waals surface area contributed by atoms with Crippen LogP contribution in [0.15, 0.2) is 0 Å². The van der Waals surface area contributed by atoms with Gasteiger partial charge < -0.3 is 15.5 Å². The van der Waals surface area contributed by atoms with E-state index in [-0.39, 0.29) is 30.8 Å². The second kappa shape index (κ2) is 10.9. The summed E-state index contributed by atoms with van der Waals surface area (Å²) in [5.74, 6) is 0.695. The van der Waals surface area contributed by atoms with Gasteiger partial charge in [0.2, 0.25) is 11.8 Å². The van der Waals surface area contributed by atoms with Crippen molar-refractivity contribution in [2.45, 2.75) is 39.5 Å². The van der Waals surface area contributed by atoms with Crippen LogP contribution < -0.4 is 10.6 Å². The van der Waals surface area contributed by atoms with Crippen molar-refractivity contribution in [2.24, 2.45) is 5.92 Å². The molecule has 0 aromatic heterocycles. The lowest BCUT2D eigenvalue weighted by atomic mass is 9.93. The number of hydrogen-bond acceptors (Lipinski definition) is 3. The quantitative estimate of drug-likeness (QED) is 0.742. The summed E-state index contributed by atoms with van der Waals surface area (Å²) in [4.78, 5) is 25.2. The Hall–Kier alpha value is -0.810. The number of halogens is 1. The van der Waals surface area contributed by atoms with Crippen LogP contribution in [0.1, 0.15) is 39.5 Å². The second-order valence-electron chi connectivity index (χ2n) is 5.09. The first kappa shape index (κ1) is 19.2. The molecule has 0 radical (unpaired) electrons. The molecule has 5 nitrogen and oxygen atoms in total. The molecule has 0 bridgehead atoms. The van der Waals surface area contributed by atoms with Gasteiger partial charge in [0.25, 0.3) is 0 Å². The SMILES string of the molecule is CCNC(=O)CN(CC)C(=O)CCC1CCNCC1.Cl. The van der Waals surface area contributed by atoms with E-state index >= 15 is 0 Å². The zero-order chi connectivity index (χ0) is 14.1. The standard InChI is InChI=1S/C14H27N3O2.ClH/c1-3-16-13(18)11-17(4-2)14(19)6-5-12-7-9-15-10-8-12;/h12,15H,3-11H2,1-2H3,(H,16,18);1H. The van der Waals surface area contributed by atoms with Crippen molar-refractivity contribution in [1.29, 1.82) is 0 Å². The molecule has 2 amide bonds. The maximum Gasteiger partial charge on any atom is 0.239 e. The van der Waals surface area contributed by atoms with Crippen molar-refractivity contribution in [1.82, 2.24) is 15.5 Å². The summed E-state index contributed by atoms with van der Waals surface area (Å²) >= 11 is 0. The van der Waals surface area contributed by atoms with E-state index in [0.717, 1.165) is 32.4 Å². The van der Waals surface area contributed by atoms with Gasteiger partial charge >= 0.3 is 0 Å². The summed E-state index contributed by atoms with van der Waals surface area (Å²) in [5, 5.41) is 6.06. The summed E-state index contributed by atoms with van der Waals surface area (Å²) in [6.07, 6.45) is 3.84. The summed E-state index contributed by atoms with van der Waals surface area (Å²) < 4.78 is 0. The summed E-state index contributed by atoms with van der Waals surface area (Å²) in [6, 6.07) is 0. The van der Waals surface area contributed by atoms with Crippen LogP contribution in [0.25, 0.3) is 0 Å². The van der Waals surface area contributed by atoms with Gasteiger partial charge in [0.05, 0.1) is 6.54 Å². The van der Waals surface area contributed by atoms with Gasteiger partial charge in [0, 0.05) is 19.5 Å². The molecule has 0 aromatic rings. The zero-order valence-electron chi connectivity index (χ0n) is 12.6. The summed E-state index contributed by atoms with van der Waals surface area (Å²) in [7, 11) is 0. The monoisotopic (exact) mass is 305 g/mol. The Kier molecular flexibility index (Phi) is 10.5. The fourth-order valence-corrected chi connectivity index (χ4v) is 2.46. The predicted octanol–water partition coefficient (Wildman–Crippen LogP) is 1.17. The first-order chi connectivity index (χ1) is 9.17. The van der Waals surface area contributed by atoms with E-state index in [1.54, 1.807) is 4.90 Å². The van der Waals surface area contributed by atoms with E-state index in [9.17, 15) is 9.59 Å². The normalized spacial score (nSPS) is 15.3. The molecule has 2 N–H and O–H groups in total. The van der Waals surface area contributed by atoms with Gasteiger partial charge in [-0.3, -0.25) is 9.59 Å². The molecule has 0 saturated carbocycles. The maximum absolute atomic E-state index is 12.1. The summed E-state index contributed by atoms with van der Waals surface area (Å²) in [5.41, 5.74) is 0. The van der Waals surface area contributed by atoms with Gasteiger partial charge in [-0.05, 0) is 52.1 Å². The number of likely N-dealkylation sites (N-methyl/N-ethyl adjacent to an activating group) is 2. The molecule has 1 rings (SSSR count). The molecule has 0 aromatic carbocycles. The number of piperidine rings is 1. The molecule has 1 saturated heterocycles. The fraction of sp³-hybridized carbons (Fsp3) is 0.857. The zero-order valence-corrected chi connectivity index (χ0v) is 13.4. The van der Waals surface area contributed by atoms with Crippen molar-refractivity contribution in [3.63, 3.8) is 0 Å². The number of nitrogens with one attached hydrogen (secondary N) is 2. The average molecular weight is 306 g/mol. The molecular formula is C14H28ClN3O2. The smallest absolute Gasteiger partial charge is 0.239 e. The molecule has 0 unspecified atom stereocenters. The van der Waals surface area contributed by atoms with Crippen LogP contribution in [0.4, 0.5) is 0 Å². The van der Waals surface area contributed by atoms with Gasteiger partial charge in [-0.1, -0.05) is 0 Å². The highest BCUT2D eigenvalue weighted by molar-refractivity contribution is 5.85. The molecule has 1 fully saturated rings. The maximum atomic E-state index is 12.1. The molecule has 0 atom stereocenters. The summed E-state index contributed by atoms with van der Waals surface area (Å²) in [6.45, 7) is 7.33. The van der Waals surface area contributed by atoms with Gasteiger partial charge in [-0.25, -0.2) is 0 Å². The molecule has 1 aliphatic rings. The van der Waals surface area contributed by atoms with Crippen LogP contribution in [0.5, 0.6) is 0 Å². The topological polar surface area (TPSA) is 61.4 Å². The Morgan fingerprint density at radius 1 is 1.25 bits per heavy atom. The van der Waals surface area contributed by atoms with Crippen molar-refractivity contribution < 1.29 is 9.59 Å². The van der Waals surface area contributed by atoms with Crippen LogP contribution in [0.3, 0.4) is 0 Å². The van der Waals surface area contributed by atoms with E-state index in [1.807, 2.05) is 13.8 Å². The number of carbonyl (C=O) groups is 2. The molecule has 0 aliphatic carbocycles. The first-order valence-electron chi connectivity index (χ1n) is 7.42. The highest BCUT2D eigenvalue weighted by Crippen LogP contribution is 2.18. The van der Waals surface area contributed by atoms with Gasteiger partial charge in [0.15, 0.2) is 0 Å². The Morgan fingerprint density at radius 3 is 2.45 bits per heavy atom. The minimum Gasteiger partial charge on any atom is -0.355 e. The van der Waals surface area contributed by atoms with Gasteiger partial charge in [-0.15, -0.1) is 12.4 Å². The van der Waals surface area contributed by atoms with Crippen LogP contribution in [-0.4, -0.2) is 49.4 Å². The van der Waals surface area contributed by atoms with Crippen molar-refractivity contribution in [2.75, 3.05) is 32.7 Å². The molecule has 1 heterocycles. The van der Waals surface area contributed by atoms with Crippen LogP contribution in [0.2, 0.25) is 0 Å². The highest BCUT2D eigenvalue weighted by atomic mass is 35.5. The largest absolute Gasteiger partial charge is 0.355 e. The minimum atomic E-state index is -0.0698. The number of hydrogen-bond donors (Lipinski definition) is 2. The van der Waals surface area contributed by atoms with Gasteiger partial charge in [-0.2, -0.15) is 0 Å². The Morgan fingerprint density at radius 2 is 1.90 bits per heavy atom. The van der Waals surface area contributed by atoms with Crippen LogP contribution in [0, 0.1) is 5.92 Å². The van der Waals surface area contributed by atoms with E-state index in [1.165, 1.54) is 0 Å². The molecule has 20 heavy (non-hydrogen) atoms. The number of carbonyl (C=O) groups excluding carboxylic acids is 2. The fourth-order valence-electron chi connectivity index (χ4n) is 2.46. The van der Waals surface area contributed by atoms with E-state index in [2.05, 4.69) is 10.6 Å². The lowest BCUT2D eigenvalue weighted by Crippen LogP contribution is -2.40. The minimum absolute atomic E-state index is 0. The third kappa shape index (κ3) is 7.10. The van der Waals surface area contributed by atoms with E-state index in [0.29, 0.717) is 25.4 Å². The Balaban J connectivity index is 0.00000361. The Bertz CT molecular complexity index is 294. The lowest BCUT2D eigenvalue weighted by molar-refractivity contribution is -0.136. The third-order valence-electron chi connectivity index (χ3n) is 3.67. The second-order valence-corrected chi connectivity index (χ2v) is 5.09. The molecule has 118 valence electrons. The van der Waals surface area contributed by atoms with E-state index in [4.69, 9.17) is 0 Å². The van der Waals surface area contributed by atoms with Crippen LogP contribution in [-0.2, 0) is 9.59 Å². The van der Waals surface area contributed by atoms with Gasteiger partial charge in [0.1, 0.15) is 0 Å². The van der Waals surface area contributed by atoms with Crippen LogP contribution >= 0.6 is 12.4 Å². The average Bonchev–Trinajstić information content (AvgIpc) is 2.43. The number of rotatable bonds is 7. The Labute approximate surface area is 128 Å². The number of nitrogens with zero attached hydrogens (tertiary/aromatic N) is 1. The van der Waals surface area contributed by atoms with Crippen molar-refractivity contribution >= 4 is 24.2 Å². The van der Waals surface area contributed by atoms with Crippen molar-refractivity contribution in [3.05, 3.63) is 0 Å². The predicted molar refractivity (Wildman–Crippen MR) is 83.0 cm³/mol.